The number of para-hydroxylation sites is 1. The summed E-state index contributed by atoms with van der Waals surface area (Å²) in [7, 11) is 0. The molecule has 3 rings (SSSR count). The molecule has 0 spiro atoms. The lowest BCUT2D eigenvalue weighted by molar-refractivity contribution is 0.0920. The third-order valence-corrected chi connectivity index (χ3v) is 4.40. The second kappa shape index (κ2) is 7.86. The highest BCUT2D eigenvalue weighted by Crippen LogP contribution is 2.27. The van der Waals surface area contributed by atoms with Crippen LogP contribution < -0.4 is 10.1 Å². The highest BCUT2D eigenvalue weighted by molar-refractivity contribution is 5.92. The molecule has 1 aliphatic rings. The van der Waals surface area contributed by atoms with Crippen LogP contribution in [0.25, 0.3) is 0 Å². The van der Waals surface area contributed by atoms with Crippen LogP contribution in [0.1, 0.15) is 48.2 Å². The summed E-state index contributed by atoms with van der Waals surface area (Å²) in [5.41, 5.74) is 0.771. The van der Waals surface area contributed by atoms with Gasteiger partial charge in [-0.3, -0.25) is 4.79 Å². The Morgan fingerprint density at radius 1 is 1.17 bits per heavy atom. The van der Waals surface area contributed by atoms with E-state index in [0.717, 1.165) is 23.7 Å². The van der Waals surface area contributed by atoms with Crippen LogP contribution in [0.15, 0.2) is 47.1 Å². The number of benzene rings is 1. The van der Waals surface area contributed by atoms with Crippen molar-refractivity contribution in [3.05, 3.63) is 54.0 Å². The third kappa shape index (κ3) is 4.38. The van der Waals surface area contributed by atoms with Gasteiger partial charge < -0.3 is 14.5 Å². The average molecular weight is 313 g/mol. The topological polar surface area (TPSA) is 51.5 Å². The van der Waals surface area contributed by atoms with Gasteiger partial charge >= 0.3 is 0 Å². The van der Waals surface area contributed by atoms with Crippen molar-refractivity contribution < 1.29 is 13.9 Å². The first-order valence-corrected chi connectivity index (χ1v) is 8.35. The minimum Gasteiger partial charge on any atom is -0.489 e. The van der Waals surface area contributed by atoms with E-state index in [1.165, 1.54) is 31.9 Å². The fourth-order valence-electron chi connectivity index (χ4n) is 3.10. The van der Waals surface area contributed by atoms with Crippen LogP contribution >= 0.6 is 0 Å². The largest absolute Gasteiger partial charge is 0.489 e. The predicted molar refractivity (Wildman–Crippen MR) is 88.4 cm³/mol. The SMILES string of the molecule is O=C(NCCC1CCCC1)c1occc1COc1ccccc1. The Morgan fingerprint density at radius 3 is 2.74 bits per heavy atom. The first-order chi connectivity index (χ1) is 11.3. The molecule has 0 radical (unpaired) electrons. The number of carbonyl (C=O) groups is 1. The maximum absolute atomic E-state index is 12.3. The lowest BCUT2D eigenvalue weighted by atomic mass is 10.0. The van der Waals surface area contributed by atoms with Crippen molar-refractivity contribution in [3.63, 3.8) is 0 Å². The summed E-state index contributed by atoms with van der Waals surface area (Å²) in [5.74, 6) is 1.75. The molecular formula is C19H23NO3. The van der Waals surface area contributed by atoms with Gasteiger partial charge in [0.2, 0.25) is 0 Å². The van der Waals surface area contributed by atoms with Crippen LogP contribution in [0.2, 0.25) is 0 Å². The molecule has 2 aromatic rings. The molecule has 23 heavy (non-hydrogen) atoms. The van der Waals surface area contributed by atoms with E-state index in [0.29, 0.717) is 18.9 Å². The van der Waals surface area contributed by atoms with E-state index >= 15 is 0 Å². The van der Waals surface area contributed by atoms with E-state index < -0.39 is 0 Å². The summed E-state index contributed by atoms with van der Waals surface area (Å²) in [6.45, 7) is 1.04. The molecule has 1 aromatic carbocycles. The summed E-state index contributed by atoms with van der Waals surface area (Å²) in [6, 6.07) is 11.3. The van der Waals surface area contributed by atoms with Crippen molar-refractivity contribution in [2.75, 3.05) is 6.54 Å². The molecule has 4 heteroatoms. The van der Waals surface area contributed by atoms with E-state index in [1.54, 1.807) is 6.07 Å². The van der Waals surface area contributed by atoms with Crippen molar-refractivity contribution in [1.82, 2.24) is 5.32 Å². The molecular weight excluding hydrogens is 290 g/mol. The molecule has 4 nitrogen and oxygen atoms in total. The first kappa shape index (κ1) is 15.7. The monoisotopic (exact) mass is 313 g/mol. The minimum atomic E-state index is -0.153. The molecule has 122 valence electrons. The highest BCUT2D eigenvalue weighted by Gasteiger charge is 2.18. The van der Waals surface area contributed by atoms with Crippen LogP contribution in [-0.4, -0.2) is 12.5 Å². The van der Waals surface area contributed by atoms with Crippen molar-refractivity contribution in [1.29, 1.82) is 0 Å². The fourth-order valence-corrected chi connectivity index (χ4v) is 3.10. The summed E-state index contributed by atoms with van der Waals surface area (Å²) in [6.07, 6.45) is 7.85. The zero-order chi connectivity index (χ0) is 15.9. The number of hydrogen-bond acceptors (Lipinski definition) is 3. The molecule has 0 saturated heterocycles. The standard InChI is InChI=1S/C19H23NO3/c21-19(20-12-10-15-6-4-5-7-15)18-16(11-13-22-18)14-23-17-8-2-1-3-9-17/h1-3,8-9,11,13,15H,4-7,10,12,14H2,(H,20,21). The number of ether oxygens (including phenoxy) is 1. The van der Waals surface area contributed by atoms with Gasteiger partial charge in [0.1, 0.15) is 12.4 Å². The lowest BCUT2D eigenvalue weighted by Crippen LogP contribution is -2.26. The van der Waals surface area contributed by atoms with E-state index in [2.05, 4.69) is 5.32 Å². The average Bonchev–Trinajstić information content (AvgIpc) is 3.25. The number of furan rings is 1. The Morgan fingerprint density at radius 2 is 1.96 bits per heavy atom. The molecule has 0 atom stereocenters. The van der Waals surface area contributed by atoms with Gasteiger partial charge in [0.15, 0.2) is 5.76 Å². The Balaban J connectivity index is 1.49. The molecule has 0 aliphatic heterocycles. The van der Waals surface area contributed by atoms with Gasteiger partial charge in [0.05, 0.1) is 6.26 Å². The fraction of sp³-hybridized carbons (Fsp3) is 0.421. The van der Waals surface area contributed by atoms with Crippen LogP contribution in [0.4, 0.5) is 0 Å². The molecule has 0 unspecified atom stereocenters. The Bertz CT molecular complexity index is 615. The van der Waals surface area contributed by atoms with Crippen molar-refractivity contribution in [3.8, 4) is 5.75 Å². The molecule has 1 fully saturated rings. The van der Waals surface area contributed by atoms with Crippen molar-refractivity contribution >= 4 is 5.91 Å². The summed E-state index contributed by atoms with van der Waals surface area (Å²) >= 11 is 0. The molecule has 1 aromatic heterocycles. The van der Waals surface area contributed by atoms with Gasteiger partial charge in [-0.05, 0) is 30.5 Å². The van der Waals surface area contributed by atoms with Crippen LogP contribution in [-0.2, 0) is 6.61 Å². The zero-order valence-electron chi connectivity index (χ0n) is 13.3. The van der Waals surface area contributed by atoms with Gasteiger partial charge in [0.25, 0.3) is 5.91 Å². The second-order valence-corrected chi connectivity index (χ2v) is 6.07. The number of rotatable bonds is 7. The van der Waals surface area contributed by atoms with E-state index in [9.17, 15) is 4.79 Å². The normalized spacial score (nSPS) is 14.8. The second-order valence-electron chi connectivity index (χ2n) is 6.07. The Labute approximate surface area is 136 Å². The first-order valence-electron chi connectivity index (χ1n) is 8.35. The van der Waals surface area contributed by atoms with Crippen LogP contribution in [0, 0.1) is 5.92 Å². The number of amides is 1. The number of carbonyl (C=O) groups excluding carboxylic acids is 1. The van der Waals surface area contributed by atoms with Crippen LogP contribution in [0.5, 0.6) is 5.75 Å². The molecule has 1 N–H and O–H groups in total. The zero-order valence-corrected chi connectivity index (χ0v) is 13.3. The van der Waals surface area contributed by atoms with Crippen molar-refractivity contribution in [2.45, 2.75) is 38.7 Å². The maximum Gasteiger partial charge on any atom is 0.287 e. The van der Waals surface area contributed by atoms with Gasteiger partial charge in [-0.2, -0.15) is 0 Å². The molecule has 1 amide bonds. The highest BCUT2D eigenvalue weighted by atomic mass is 16.5. The lowest BCUT2D eigenvalue weighted by Gasteiger charge is -2.10. The number of hydrogen-bond donors (Lipinski definition) is 1. The predicted octanol–water partition coefficient (Wildman–Crippen LogP) is 4.17. The molecule has 1 aliphatic carbocycles. The van der Waals surface area contributed by atoms with E-state index in [1.807, 2.05) is 30.3 Å². The Kier molecular flexibility index (Phi) is 5.35. The summed E-state index contributed by atoms with van der Waals surface area (Å²) in [5, 5.41) is 2.96. The van der Waals surface area contributed by atoms with E-state index in [4.69, 9.17) is 9.15 Å². The number of nitrogens with one attached hydrogen (secondary N) is 1. The minimum absolute atomic E-state index is 0.153. The molecule has 0 bridgehead atoms. The Hall–Kier alpha value is -2.23. The summed E-state index contributed by atoms with van der Waals surface area (Å²) < 4.78 is 11.0. The van der Waals surface area contributed by atoms with Crippen LogP contribution in [0.3, 0.4) is 0 Å². The van der Waals surface area contributed by atoms with Gasteiger partial charge in [0, 0.05) is 12.1 Å². The maximum atomic E-state index is 12.3. The molecule has 1 saturated carbocycles. The quantitative estimate of drug-likeness (QED) is 0.834. The molecule has 1 heterocycles. The van der Waals surface area contributed by atoms with E-state index in [-0.39, 0.29) is 5.91 Å². The summed E-state index contributed by atoms with van der Waals surface area (Å²) in [4.78, 5) is 12.3. The van der Waals surface area contributed by atoms with Gasteiger partial charge in [-0.25, -0.2) is 0 Å². The van der Waals surface area contributed by atoms with Gasteiger partial charge in [-0.15, -0.1) is 0 Å². The smallest absolute Gasteiger partial charge is 0.287 e. The van der Waals surface area contributed by atoms with Gasteiger partial charge in [-0.1, -0.05) is 43.9 Å². The van der Waals surface area contributed by atoms with Crippen molar-refractivity contribution in [2.24, 2.45) is 5.92 Å². The third-order valence-electron chi connectivity index (χ3n) is 4.40.